The molecule has 0 fully saturated rings. The predicted molar refractivity (Wildman–Crippen MR) is 251 cm³/mol. The molecule has 0 aromatic rings. The third-order valence-corrected chi connectivity index (χ3v) is 10.2. The number of hydrogen-bond donors (Lipinski definition) is 0. The summed E-state index contributed by atoms with van der Waals surface area (Å²) in [5.41, 5.74) is 0. The number of rotatable bonds is 44. The number of carbonyl (C=O) groups excluding carboxylic acids is 2. The zero-order chi connectivity index (χ0) is 42.1. The highest BCUT2D eigenvalue weighted by molar-refractivity contribution is 5.70. The van der Waals surface area contributed by atoms with Gasteiger partial charge >= 0.3 is 11.9 Å². The lowest BCUT2D eigenvalue weighted by molar-refractivity contribution is -0.163. The summed E-state index contributed by atoms with van der Waals surface area (Å²) >= 11 is 0. The van der Waals surface area contributed by atoms with E-state index in [1.54, 1.807) is 0 Å². The van der Waals surface area contributed by atoms with E-state index in [1.807, 2.05) is 0 Å². The van der Waals surface area contributed by atoms with Crippen molar-refractivity contribution in [2.75, 3.05) is 19.8 Å². The Morgan fingerprint density at radius 1 is 0.397 bits per heavy atom. The van der Waals surface area contributed by atoms with Gasteiger partial charge in [-0.3, -0.25) is 9.59 Å². The minimum atomic E-state index is -0.552. The minimum Gasteiger partial charge on any atom is -0.462 e. The van der Waals surface area contributed by atoms with Gasteiger partial charge in [0.2, 0.25) is 0 Å². The van der Waals surface area contributed by atoms with Gasteiger partial charge in [0.15, 0.2) is 6.10 Å². The monoisotopic (exact) mass is 809 g/mol. The highest BCUT2D eigenvalue weighted by Crippen LogP contribution is 2.13. The lowest BCUT2D eigenvalue weighted by Gasteiger charge is -2.18. The van der Waals surface area contributed by atoms with E-state index in [1.165, 1.54) is 96.3 Å². The molecule has 0 aliphatic rings. The molecule has 0 aliphatic carbocycles. The molecule has 0 rings (SSSR count). The van der Waals surface area contributed by atoms with Crippen molar-refractivity contribution in [1.29, 1.82) is 0 Å². The molecule has 0 aromatic heterocycles. The molecule has 1 unspecified atom stereocenters. The van der Waals surface area contributed by atoms with Gasteiger partial charge in [0, 0.05) is 19.4 Å². The van der Waals surface area contributed by atoms with E-state index >= 15 is 0 Å². The van der Waals surface area contributed by atoms with Crippen LogP contribution in [0, 0.1) is 0 Å². The third kappa shape index (κ3) is 46.0. The van der Waals surface area contributed by atoms with Crippen molar-refractivity contribution in [1.82, 2.24) is 0 Å². The smallest absolute Gasteiger partial charge is 0.306 e. The summed E-state index contributed by atoms with van der Waals surface area (Å²) in [6.07, 6.45) is 61.9. The fourth-order valence-corrected chi connectivity index (χ4v) is 6.59. The molecular weight excluding hydrogens is 717 g/mol. The van der Waals surface area contributed by atoms with E-state index in [9.17, 15) is 9.59 Å². The Morgan fingerprint density at radius 3 is 1.28 bits per heavy atom. The fourth-order valence-electron chi connectivity index (χ4n) is 6.59. The van der Waals surface area contributed by atoms with Crippen LogP contribution in [0.15, 0.2) is 72.9 Å². The highest BCUT2D eigenvalue weighted by atomic mass is 16.6. The Balaban J connectivity index is 4.25. The van der Waals surface area contributed by atoms with Crippen molar-refractivity contribution in [3.05, 3.63) is 72.9 Å². The van der Waals surface area contributed by atoms with Crippen LogP contribution in [-0.2, 0) is 23.8 Å². The standard InChI is InChI=1S/C53H92O5/c1-4-7-10-13-16-19-21-23-25-26-27-28-30-31-33-35-37-40-43-46-52(54)57-50-51(49-56-48-45-42-39-18-15-12-9-6-3)58-53(55)47-44-41-38-36-34-32-29-24-22-20-17-14-11-8-5-2/h7,10,16,19,23-25,27-29,31,33,51H,4-6,8-9,11-15,17-18,20-22,26,30,32,34-50H2,1-3H3/b10-7-,19-16-,25-23-,28-27-,29-24-,33-31-. The zero-order valence-corrected chi connectivity index (χ0v) is 38.3. The Hall–Kier alpha value is -2.66. The molecule has 0 amide bonds. The molecular formula is C53H92O5. The van der Waals surface area contributed by atoms with E-state index in [2.05, 4.69) is 93.7 Å². The summed E-state index contributed by atoms with van der Waals surface area (Å²) in [5.74, 6) is -0.444. The Kier molecular flexibility index (Phi) is 46.5. The maximum absolute atomic E-state index is 12.7. The molecule has 1 atom stereocenters. The average molecular weight is 809 g/mol. The van der Waals surface area contributed by atoms with Crippen LogP contribution in [0.4, 0.5) is 0 Å². The van der Waals surface area contributed by atoms with Crippen molar-refractivity contribution >= 4 is 11.9 Å². The summed E-state index contributed by atoms with van der Waals surface area (Å²) in [4.78, 5) is 25.3. The molecule has 0 heterocycles. The summed E-state index contributed by atoms with van der Waals surface area (Å²) in [5, 5.41) is 0. The van der Waals surface area contributed by atoms with Crippen molar-refractivity contribution in [3.63, 3.8) is 0 Å². The molecule has 0 bridgehead atoms. The summed E-state index contributed by atoms with van der Waals surface area (Å²) < 4.78 is 17.3. The van der Waals surface area contributed by atoms with Crippen LogP contribution in [0.25, 0.3) is 0 Å². The fraction of sp³-hybridized carbons (Fsp3) is 0.736. The van der Waals surface area contributed by atoms with E-state index < -0.39 is 6.10 Å². The van der Waals surface area contributed by atoms with Gasteiger partial charge in [-0.05, 0) is 89.9 Å². The Bertz CT molecular complexity index is 1050. The van der Waals surface area contributed by atoms with Crippen LogP contribution >= 0.6 is 0 Å². The minimum absolute atomic E-state index is 0.0639. The van der Waals surface area contributed by atoms with Gasteiger partial charge in [-0.15, -0.1) is 0 Å². The molecule has 58 heavy (non-hydrogen) atoms. The molecule has 0 spiro atoms. The van der Waals surface area contributed by atoms with Gasteiger partial charge in [-0.2, -0.15) is 0 Å². The van der Waals surface area contributed by atoms with E-state index in [-0.39, 0.29) is 25.2 Å². The van der Waals surface area contributed by atoms with Crippen molar-refractivity contribution in [2.45, 2.75) is 232 Å². The number of carbonyl (C=O) groups is 2. The quantitative estimate of drug-likeness (QED) is 0.0348. The topological polar surface area (TPSA) is 61.8 Å². The second kappa shape index (κ2) is 48.7. The summed E-state index contributed by atoms with van der Waals surface area (Å²) in [6, 6.07) is 0. The van der Waals surface area contributed by atoms with Crippen LogP contribution in [0.3, 0.4) is 0 Å². The van der Waals surface area contributed by atoms with Gasteiger partial charge in [0.1, 0.15) is 6.61 Å². The van der Waals surface area contributed by atoms with Crippen LogP contribution in [0.2, 0.25) is 0 Å². The van der Waals surface area contributed by atoms with Gasteiger partial charge in [-0.1, -0.05) is 196 Å². The number of hydrogen-bond acceptors (Lipinski definition) is 5. The number of esters is 2. The lowest BCUT2D eigenvalue weighted by Crippen LogP contribution is -2.30. The maximum Gasteiger partial charge on any atom is 0.306 e. The molecule has 5 heteroatoms. The second-order valence-electron chi connectivity index (χ2n) is 16.0. The molecule has 0 saturated heterocycles. The first-order chi connectivity index (χ1) is 28.6. The van der Waals surface area contributed by atoms with E-state index in [4.69, 9.17) is 14.2 Å². The van der Waals surface area contributed by atoms with Crippen molar-refractivity contribution < 1.29 is 23.8 Å². The number of unbranched alkanes of at least 4 members (excludes halogenated alkanes) is 21. The second-order valence-corrected chi connectivity index (χ2v) is 16.0. The van der Waals surface area contributed by atoms with E-state index in [0.29, 0.717) is 19.4 Å². The van der Waals surface area contributed by atoms with Crippen LogP contribution in [0.5, 0.6) is 0 Å². The highest BCUT2D eigenvalue weighted by Gasteiger charge is 2.17. The molecule has 334 valence electrons. The maximum atomic E-state index is 12.7. The molecule has 0 saturated carbocycles. The zero-order valence-electron chi connectivity index (χ0n) is 38.3. The van der Waals surface area contributed by atoms with Gasteiger partial charge in [0.25, 0.3) is 0 Å². The SMILES string of the molecule is CC/C=C\C/C=C\C/C=C\C/C=C\C/C=C\CCCCCC(=O)OCC(COCCCCCCCCCC)OC(=O)CCCCCCC/C=C\CCCCCCCC. The Morgan fingerprint density at radius 2 is 0.776 bits per heavy atom. The number of allylic oxidation sites excluding steroid dienone is 12. The third-order valence-electron chi connectivity index (χ3n) is 10.2. The largest absolute Gasteiger partial charge is 0.462 e. The van der Waals surface area contributed by atoms with Gasteiger partial charge in [0.05, 0.1) is 6.61 Å². The molecule has 0 aromatic carbocycles. The van der Waals surface area contributed by atoms with Gasteiger partial charge in [-0.25, -0.2) is 0 Å². The average Bonchev–Trinajstić information content (AvgIpc) is 3.22. The van der Waals surface area contributed by atoms with Crippen LogP contribution in [0.1, 0.15) is 226 Å². The first kappa shape index (κ1) is 55.3. The predicted octanol–water partition coefficient (Wildman–Crippen LogP) is 16.3. The normalized spacial score (nSPS) is 12.8. The van der Waals surface area contributed by atoms with Gasteiger partial charge < -0.3 is 14.2 Å². The molecule has 0 aliphatic heterocycles. The first-order valence-electron chi connectivity index (χ1n) is 24.5. The number of ether oxygens (including phenoxy) is 3. The summed E-state index contributed by atoms with van der Waals surface area (Å²) in [6.45, 7) is 7.65. The van der Waals surface area contributed by atoms with E-state index in [0.717, 1.165) is 96.3 Å². The van der Waals surface area contributed by atoms with Crippen LogP contribution < -0.4 is 0 Å². The van der Waals surface area contributed by atoms with Crippen molar-refractivity contribution in [3.8, 4) is 0 Å². The summed E-state index contributed by atoms with van der Waals surface area (Å²) in [7, 11) is 0. The molecule has 0 radical (unpaired) electrons. The van der Waals surface area contributed by atoms with Crippen LogP contribution in [-0.4, -0.2) is 37.9 Å². The Labute approximate surface area is 359 Å². The lowest BCUT2D eigenvalue weighted by atomic mass is 10.1. The molecule has 5 nitrogen and oxygen atoms in total. The molecule has 0 N–H and O–H groups in total. The first-order valence-corrected chi connectivity index (χ1v) is 24.5. The van der Waals surface area contributed by atoms with Crippen molar-refractivity contribution in [2.24, 2.45) is 0 Å².